The lowest BCUT2D eigenvalue weighted by molar-refractivity contribution is -0.142. The number of hydrogen-bond acceptors (Lipinski definition) is 6. The SMILES string of the molecule is O=C1C[C@H](OSP(I)I)[C@@H](COSP(I)I)O1. The number of cyclic esters (lactones) is 1. The second-order valence-corrected chi connectivity index (χ2v) is 37.8. The van der Waals surface area contributed by atoms with Crippen LogP contribution in [0.4, 0.5) is 0 Å². The molecule has 17 heavy (non-hydrogen) atoms. The fraction of sp³-hybridized carbons (Fsp3) is 0.800. The van der Waals surface area contributed by atoms with Crippen LogP contribution in [-0.2, 0) is 17.9 Å². The molecule has 0 radical (unpaired) electrons. The van der Waals surface area contributed by atoms with E-state index in [1.807, 2.05) is 0 Å². The summed E-state index contributed by atoms with van der Waals surface area (Å²) in [5.74, 6) is -0.202. The van der Waals surface area contributed by atoms with Gasteiger partial charge in [-0.05, 0) is 88.2 Å². The van der Waals surface area contributed by atoms with Gasteiger partial charge in [-0.15, -0.1) is 0 Å². The standard InChI is InChI=1S/C5H6I4O4P2S2/c6-14(7)16-11-2-4-3(1-5(10)12-4)13-17-15(8)9/h3-4H,1-2H2/t3-,4+/m0/s1. The first-order chi connectivity index (χ1) is 7.99. The fourth-order valence-electron chi connectivity index (χ4n) is 1.05. The van der Waals surface area contributed by atoms with Gasteiger partial charge in [0.1, 0.15) is 17.5 Å². The maximum absolute atomic E-state index is 11.2. The zero-order valence-corrected chi connectivity index (χ0v) is 20.0. The van der Waals surface area contributed by atoms with Crippen molar-refractivity contribution >= 4 is 122 Å². The van der Waals surface area contributed by atoms with Gasteiger partial charge in [-0.3, -0.25) is 4.79 Å². The van der Waals surface area contributed by atoms with Crippen LogP contribution in [0.25, 0.3) is 0 Å². The predicted molar refractivity (Wildman–Crippen MR) is 110 cm³/mol. The van der Waals surface area contributed by atoms with Crippen molar-refractivity contribution in [3.05, 3.63) is 0 Å². The molecule has 0 amide bonds. The first-order valence-corrected chi connectivity index (χ1v) is 20.6. The second-order valence-electron chi connectivity index (χ2n) is 2.70. The van der Waals surface area contributed by atoms with E-state index in [4.69, 9.17) is 13.1 Å². The number of carbonyl (C=O) groups is 1. The molecule has 0 aromatic carbocycles. The lowest BCUT2D eigenvalue weighted by Crippen LogP contribution is -2.26. The second kappa shape index (κ2) is 10.6. The quantitative estimate of drug-likeness (QED) is 0.134. The van der Waals surface area contributed by atoms with Crippen LogP contribution in [0.15, 0.2) is 0 Å². The van der Waals surface area contributed by atoms with Crippen LogP contribution in [-0.4, -0.2) is 24.8 Å². The molecule has 100 valence electrons. The Hall–Kier alpha value is 3.87. The summed E-state index contributed by atoms with van der Waals surface area (Å²) >= 11 is 12.1. The van der Waals surface area contributed by atoms with Crippen molar-refractivity contribution in [1.29, 1.82) is 0 Å². The van der Waals surface area contributed by atoms with E-state index in [0.29, 0.717) is 13.0 Å². The highest BCUT2D eigenvalue weighted by Crippen LogP contribution is 2.66. The highest BCUT2D eigenvalue weighted by Gasteiger charge is 2.37. The summed E-state index contributed by atoms with van der Waals surface area (Å²) < 4.78 is 15.7. The van der Waals surface area contributed by atoms with Crippen molar-refractivity contribution in [1.82, 2.24) is 0 Å². The maximum atomic E-state index is 11.2. The molecule has 0 aromatic heterocycles. The van der Waals surface area contributed by atoms with Gasteiger partial charge in [0.15, 0.2) is 6.10 Å². The Labute approximate surface area is 162 Å². The van der Waals surface area contributed by atoms with Crippen molar-refractivity contribution in [2.45, 2.75) is 18.6 Å². The number of carbonyl (C=O) groups excluding carboxylic acids is 1. The van der Waals surface area contributed by atoms with Crippen LogP contribution in [0.1, 0.15) is 6.42 Å². The molecule has 0 unspecified atom stereocenters. The topological polar surface area (TPSA) is 44.8 Å². The van der Waals surface area contributed by atoms with Gasteiger partial charge in [-0.25, -0.2) is 0 Å². The van der Waals surface area contributed by atoms with Crippen LogP contribution in [0, 0.1) is 0 Å². The lowest BCUT2D eigenvalue weighted by atomic mass is 10.2. The number of halogens is 4. The summed E-state index contributed by atoms with van der Waals surface area (Å²) in [7, 11) is 0. The van der Waals surface area contributed by atoms with E-state index in [2.05, 4.69) is 88.2 Å². The Morgan fingerprint density at radius 2 is 1.94 bits per heavy atom. The molecule has 1 rings (SSSR count). The molecule has 0 bridgehead atoms. The average molecular weight is 764 g/mol. The van der Waals surface area contributed by atoms with Crippen LogP contribution in [0.2, 0.25) is 0 Å². The molecule has 1 saturated heterocycles. The summed E-state index contributed by atoms with van der Waals surface area (Å²) in [4.78, 5) is 11.2. The fourth-order valence-corrected chi connectivity index (χ4v) is 6.36. The van der Waals surface area contributed by atoms with Gasteiger partial charge in [0.2, 0.25) is 0 Å². The first-order valence-electron chi connectivity index (χ1n) is 4.05. The van der Waals surface area contributed by atoms with E-state index < -0.39 is 0 Å². The van der Waals surface area contributed by atoms with Crippen molar-refractivity contribution in [2.75, 3.05) is 6.61 Å². The smallest absolute Gasteiger partial charge is 0.309 e. The van der Waals surface area contributed by atoms with Crippen LogP contribution in [0.5, 0.6) is 0 Å². The molecule has 12 heteroatoms. The lowest BCUT2D eigenvalue weighted by Gasteiger charge is -2.16. The first kappa shape index (κ1) is 18.9. The third-order valence-corrected chi connectivity index (χ3v) is 9.47. The largest absolute Gasteiger partial charge is 0.457 e. The summed E-state index contributed by atoms with van der Waals surface area (Å²) in [6.07, 6.45) is -0.129. The van der Waals surface area contributed by atoms with Crippen molar-refractivity contribution < 1.29 is 17.9 Å². The van der Waals surface area contributed by atoms with Gasteiger partial charge in [0, 0.05) is 23.3 Å². The minimum absolute atomic E-state index is 0.183. The predicted octanol–water partition coefficient (Wildman–Crippen LogP) is 6.19. The van der Waals surface area contributed by atoms with Gasteiger partial charge in [0.05, 0.1) is 6.42 Å². The molecule has 0 aliphatic carbocycles. The zero-order valence-electron chi connectivity index (χ0n) is 7.92. The molecule has 4 nitrogen and oxygen atoms in total. The summed E-state index contributed by atoms with van der Waals surface area (Å²) in [6, 6.07) is 0. The highest BCUT2D eigenvalue weighted by atomic mass is 127. The van der Waals surface area contributed by atoms with E-state index in [0.717, 1.165) is 0 Å². The molecule has 2 atom stereocenters. The molecule has 0 aromatic rings. The molecule has 0 saturated carbocycles. The normalized spacial score (nSPS) is 24.7. The number of ether oxygens (including phenoxy) is 1. The van der Waals surface area contributed by atoms with Crippen molar-refractivity contribution in [2.24, 2.45) is 0 Å². The Kier molecular flexibility index (Phi) is 11.8. The molecule has 1 aliphatic heterocycles. The van der Waals surface area contributed by atoms with Crippen LogP contribution < -0.4 is 0 Å². The van der Waals surface area contributed by atoms with E-state index in [-0.39, 0.29) is 23.0 Å². The van der Waals surface area contributed by atoms with Gasteiger partial charge >= 0.3 is 5.97 Å². The Morgan fingerprint density at radius 1 is 1.29 bits per heavy atom. The van der Waals surface area contributed by atoms with Gasteiger partial charge < -0.3 is 13.1 Å². The Morgan fingerprint density at radius 3 is 2.53 bits per heavy atom. The average Bonchev–Trinajstić information content (AvgIpc) is 2.55. The van der Waals surface area contributed by atoms with Crippen LogP contribution >= 0.6 is 116 Å². The Balaban J connectivity index is 2.31. The van der Waals surface area contributed by atoms with E-state index >= 15 is 0 Å². The molecule has 1 heterocycles. The zero-order chi connectivity index (χ0) is 12.8. The van der Waals surface area contributed by atoms with Crippen molar-refractivity contribution in [3.63, 3.8) is 0 Å². The van der Waals surface area contributed by atoms with E-state index in [9.17, 15) is 4.79 Å². The van der Waals surface area contributed by atoms with Gasteiger partial charge in [0.25, 0.3) is 0 Å². The van der Waals surface area contributed by atoms with Crippen LogP contribution in [0.3, 0.4) is 0 Å². The Bertz CT molecular complexity index is 262. The van der Waals surface area contributed by atoms with Crippen molar-refractivity contribution in [3.8, 4) is 0 Å². The molecule has 1 fully saturated rings. The molecule has 0 N–H and O–H groups in total. The number of hydrogen-bond donors (Lipinski definition) is 0. The van der Waals surface area contributed by atoms with Gasteiger partial charge in [-0.2, -0.15) is 0 Å². The third kappa shape index (κ3) is 8.79. The number of rotatable bonds is 7. The van der Waals surface area contributed by atoms with Gasteiger partial charge in [-0.1, -0.05) is 0 Å². The summed E-state index contributed by atoms with van der Waals surface area (Å²) in [5.41, 5.74) is 0. The molecular weight excluding hydrogens is 758 g/mol. The number of esters is 1. The molecule has 0 spiro atoms. The summed E-state index contributed by atoms with van der Waals surface area (Å²) in [5, 5.41) is 0. The van der Waals surface area contributed by atoms with E-state index in [1.54, 1.807) is 0 Å². The maximum Gasteiger partial charge on any atom is 0.309 e. The molecular formula is C5H6I4O4P2S2. The minimum atomic E-state index is -0.270. The monoisotopic (exact) mass is 764 g/mol. The summed E-state index contributed by atoms with van der Waals surface area (Å²) in [6.45, 7) is 0.396. The van der Waals surface area contributed by atoms with E-state index in [1.165, 1.54) is 23.3 Å². The highest BCUT2D eigenvalue weighted by molar-refractivity contribution is 14.3. The molecule has 1 aliphatic rings. The minimum Gasteiger partial charge on any atom is -0.457 e. The third-order valence-electron chi connectivity index (χ3n) is 1.63.